The van der Waals surface area contributed by atoms with E-state index < -0.39 is 0 Å². The lowest BCUT2D eigenvalue weighted by Gasteiger charge is -2.30. The molecule has 1 aliphatic rings. The number of carbonyl (C=O) groups excluding carboxylic acids is 2. The number of likely N-dealkylation sites (tertiary alicyclic amines) is 1. The number of aromatic nitrogens is 1. The third-order valence-corrected chi connectivity index (χ3v) is 4.91. The molecule has 3 N–H and O–H groups in total. The van der Waals surface area contributed by atoms with Crippen molar-refractivity contribution in [3.8, 4) is 0 Å². The average molecular weight is 324 g/mol. The van der Waals surface area contributed by atoms with Crippen LogP contribution in [0.4, 0.5) is 0 Å². The van der Waals surface area contributed by atoms with Crippen molar-refractivity contribution in [1.29, 1.82) is 0 Å². The van der Waals surface area contributed by atoms with Gasteiger partial charge in [-0.05, 0) is 32.7 Å². The standard InChI is InChI=1S/C15H24N4O2S/c1-3-12-13(22-10(2)18-12)7-17-15(21)11-5-4-6-19(8-11)9-14(16)20/h11H,3-9H2,1-2H3,(H2,16,20)(H,17,21). The van der Waals surface area contributed by atoms with Gasteiger partial charge < -0.3 is 11.1 Å². The van der Waals surface area contributed by atoms with E-state index in [-0.39, 0.29) is 24.3 Å². The molecule has 0 radical (unpaired) electrons. The number of nitrogens with zero attached hydrogens (tertiary/aromatic N) is 2. The van der Waals surface area contributed by atoms with E-state index >= 15 is 0 Å². The largest absolute Gasteiger partial charge is 0.369 e. The van der Waals surface area contributed by atoms with Gasteiger partial charge in [-0.1, -0.05) is 6.92 Å². The Morgan fingerprint density at radius 3 is 2.95 bits per heavy atom. The molecule has 2 rings (SSSR count). The molecule has 0 spiro atoms. The number of piperidine rings is 1. The van der Waals surface area contributed by atoms with Crippen molar-refractivity contribution < 1.29 is 9.59 Å². The molecule has 0 aliphatic carbocycles. The Kier molecular flexibility index (Phi) is 5.90. The summed E-state index contributed by atoms with van der Waals surface area (Å²) in [6.45, 7) is 6.27. The van der Waals surface area contributed by atoms with E-state index in [0.29, 0.717) is 13.1 Å². The minimum atomic E-state index is -0.339. The van der Waals surface area contributed by atoms with Crippen LogP contribution in [0.2, 0.25) is 0 Å². The summed E-state index contributed by atoms with van der Waals surface area (Å²) in [5, 5.41) is 4.05. The van der Waals surface area contributed by atoms with Crippen LogP contribution >= 0.6 is 11.3 Å². The molecule has 6 nitrogen and oxygen atoms in total. The second-order valence-electron chi connectivity index (χ2n) is 5.71. The number of rotatable bonds is 6. The average Bonchev–Trinajstić information content (AvgIpc) is 2.84. The first-order valence-electron chi connectivity index (χ1n) is 7.73. The van der Waals surface area contributed by atoms with E-state index in [2.05, 4.69) is 17.2 Å². The van der Waals surface area contributed by atoms with E-state index in [1.165, 1.54) is 0 Å². The van der Waals surface area contributed by atoms with Crippen LogP contribution in [0.3, 0.4) is 0 Å². The normalized spacial score (nSPS) is 19.1. The van der Waals surface area contributed by atoms with Crippen molar-refractivity contribution >= 4 is 23.2 Å². The Labute approximate surface area is 135 Å². The highest BCUT2D eigenvalue weighted by Gasteiger charge is 2.26. The fourth-order valence-electron chi connectivity index (χ4n) is 2.87. The molecule has 7 heteroatoms. The number of nitrogens with two attached hydrogens (primary N) is 1. The van der Waals surface area contributed by atoms with Gasteiger partial charge in [0.1, 0.15) is 0 Å². The number of amides is 2. The van der Waals surface area contributed by atoms with Crippen LogP contribution in [0.15, 0.2) is 0 Å². The van der Waals surface area contributed by atoms with Gasteiger partial charge in [-0.15, -0.1) is 11.3 Å². The molecule has 1 aliphatic heterocycles. The minimum absolute atomic E-state index is 0.0577. The summed E-state index contributed by atoms with van der Waals surface area (Å²) in [6, 6.07) is 0. The highest BCUT2D eigenvalue weighted by Crippen LogP contribution is 2.20. The van der Waals surface area contributed by atoms with Crippen LogP contribution < -0.4 is 11.1 Å². The molecule has 1 unspecified atom stereocenters. The molecule has 1 fully saturated rings. The summed E-state index contributed by atoms with van der Waals surface area (Å²) >= 11 is 1.64. The van der Waals surface area contributed by atoms with Gasteiger partial charge in [0.2, 0.25) is 11.8 Å². The quantitative estimate of drug-likeness (QED) is 0.811. The topological polar surface area (TPSA) is 88.3 Å². The monoisotopic (exact) mass is 324 g/mol. The highest BCUT2D eigenvalue weighted by atomic mass is 32.1. The van der Waals surface area contributed by atoms with Crippen molar-refractivity contribution in [2.45, 2.75) is 39.7 Å². The number of aryl methyl sites for hydroxylation is 2. The molecule has 22 heavy (non-hydrogen) atoms. The fourth-order valence-corrected chi connectivity index (χ4v) is 3.84. The number of carbonyl (C=O) groups is 2. The van der Waals surface area contributed by atoms with Crippen LogP contribution in [0.1, 0.15) is 35.3 Å². The maximum Gasteiger partial charge on any atom is 0.231 e. The first-order chi connectivity index (χ1) is 10.5. The summed E-state index contributed by atoms with van der Waals surface area (Å²) in [5.74, 6) is -0.344. The summed E-state index contributed by atoms with van der Waals surface area (Å²) in [7, 11) is 0. The van der Waals surface area contributed by atoms with Gasteiger partial charge in [0.05, 0.1) is 29.7 Å². The van der Waals surface area contributed by atoms with Gasteiger partial charge in [0.25, 0.3) is 0 Å². The zero-order chi connectivity index (χ0) is 16.1. The Bertz CT molecular complexity index is 544. The van der Waals surface area contributed by atoms with E-state index in [4.69, 9.17) is 5.73 Å². The SMILES string of the molecule is CCc1nc(C)sc1CNC(=O)C1CCCN(CC(N)=O)C1. The van der Waals surface area contributed by atoms with Gasteiger partial charge >= 0.3 is 0 Å². The molecule has 2 amide bonds. The lowest BCUT2D eigenvalue weighted by molar-refractivity contribution is -0.128. The zero-order valence-corrected chi connectivity index (χ0v) is 14.0. The molecule has 122 valence electrons. The van der Waals surface area contributed by atoms with Crippen LogP contribution in [0.5, 0.6) is 0 Å². The van der Waals surface area contributed by atoms with Crippen LogP contribution in [0, 0.1) is 12.8 Å². The van der Waals surface area contributed by atoms with Crippen LogP contribution in [-0.4, -0.2) is 41.3 Å². The van der Waals surface area contributed by atoms with Gasteiger partial charge in [-0.25, -0.2) is 4.98 Å². The first kappa shape index (κ1) is 16.9. The number of hydrogen-bond acceptors (Lipinski definition) is 5. The van der Waals surface area contributed by atoms with Crippen molar-refractivity contribution in [3.05, 3.63) is 15.6 Å². The lowest BCUT2D eigenvalue weighted by atomic mass is 9.97. The molecule has 0 aromatic carbocycles. The second kappa shape index (κ2) is 7.69. The van der Waals surface area contributed by atoms with Crippen molar-refractivity contribution in [2.24, 2.45) is 11.7 Å². The second-order valence-corrected chi connectivity index (χ2v) is 7.00. The number of thiazole rings is 1. The van der Waals surface area contributed by atoms with E-state index in [1.54, 1.807) is 11.3 Å². The molecular formula is C15H24N4O2S. The predicted octanol–water partition coefficient (Wildman–Crippen LogP) is 0.827. The number of nitrogens with one attached hydrogen (secondary N) is 1. The van der Waals surface area contributed by atoms with Crippen molar-refractivity contribution in [3.63, 3.8) is 0 Å². The summed E-state index contributed by atoms with van der Waals surface area (Å²) in [4.78, 5) is 30.9. The van der Waals surface area contributed by atoms with Crippen LogP contribution in [-0.2, 0) is 22.6 Å². The third kappa shape index (κ3) is 4.51. The maximum atomic E-state index is 12.3. The predicted molar refractivity (Wildman–Crippen MR) is 86.4 cm³/mol. The smallest absolute Gasteiger partial charge is 0.231 e. The van der Waals surface area contributed by atoms with Gasteiger partial charge in [0.15, 0.2) is 0 Å². The van der Waals surface area contributed by atoms with Gasteiger partial charge in [-0.3, -0.25) is 14.5 Å². The maximum absolute atomic E-state index is 12.3. The van der Waals surface area contributed by atoms with Crippen LogP contribution in [0.25, 0.3) is 0 Å². The highest BCUT2D eigenvalue weighted by molar-refractivity contribution is 7.11. The Hall–Kier alpha value is -1.47. The molecule has 0 bridgehead atoms. The summed E-state index contributed by atoms with van der Waals surface area (Å²) in [5.41, 5.74) is 6.30. The Morgan fingerprint density at radius 1 is 1.50 bits per heavy atom. The Balaban J connectivity index is 1.87. The third-order valence-electron chi connectivity index (χ3n) is 3.90. The lowest BCUT2D eigenvalue weighted by Crippen LogP contribution is -2.45. The van der Waals surface area contributed by atoms with Gasteiger partial charge in [0, 0.05) is 11.4 Å². The van der Waals surface area contributed by atoms with Crippen molar-refractivity contribution in [1.82, 2.24) is 15.2 Å². The summed E-state index contributed by atoms with van der Waals surface area (Å²) < 4.78 is 0. The fraction of sp³-hybridized carbons (Fsp3) is 0.667. The molecule has 2 heterocycles. The van der Waals surface area contributed by atoms with Gasteiger partial charge in [-0.2, -0.15) is 0 Å². The number of primary amides is 1. The molecule has 1 aromatic rings. The zero-order valence-electron chi connectivity index (χ0n) is 13.2. The number of hydrogen-bond donors (Lipinski definition) is 2. The van der Waals surface area contributed by atoms with E-state index in [0.717, 1.165) is 41.4 Å². The molecule has 1 atom stereocenters. The minimum Gasteiger partial charge on any atom is -0.369 e. The first-order valence-corrected chi connectivity index (χ1v) is 8.54. The summed E-state index contributed by atoms with van der Waals surface area (Å²) in [6.07, 6.45) is 2.67. The molecule has 0 saturated carbocycles. The van der Waals surface area contributed by atoms with E-state index in [9.17, 15) is 9.59 Å². The molecule has 1 aromatic heterocycles. The van der Waals surface area contributed by atoms with Crippen molar-refractivity contribution in [2.75, 3.05) is 19.6 Å². The Morgan fingerprint density at radius 2 is 2.27 bits per heavy atom. The molecule has 1 saturated heterocycles. The molecular weight excluding hydrogens is 300 g/mol. The van der Waals surface area contributed by atoms with E-state index in [1.807, 2.05) is 11.8 Å².